The van der Waals surface area contributed by atoms with E-state index in [0.29, 0.717) is 14.9 Å². The zero-order valence-corrected chi connectivity index (χ0v) is 17.4. The van der Waals surface area contributed by atoms with Crippen LogP contribution in [0.3, 0.4) is 0 Å². The van der Waals surface area contributed by atoms with Gasteiger partial charge in [0.05, 0.1) is 19.3 Å². The van der Waals surface area contributed by atoms with Gasteiger partial charge in [0.25, 0.3) is 18.6 Å². The van der Waals surface area contributed by atoms with Crippen molar-refractivity contribution in [3.05, 3.63) is 31.4 Å². The van der Waals surface area contributed by atoms with E-state index in [4.69, 9.17) is 9.68 Å². The monoisotopic (exact) mass is 446 g/mol. The van der Waals surface area contributed by atoms with E-state index in [1.54, 1.807) is 30.9 Å². The van der Waals surface area contributed by atoms with E-state index in [1.165, 1.54) is 6.07 Å². The normalized spacial score (nSPS) is 10.8. The molecule has 0 fully saturated rings. The summed E-state index contributed by atoms with van der Waals surface area (Å²) in [7, 11) is -5.11. The lowest BCUT2D eigenvalue weighted by atomic mass is 10.4. The minimum absolute atomic E-state index is 0.00224. The third-order valence-electron chi connectivity index (χ3n) is 3.20. The summed E-state index contributed by atoms with van der Waals surface area (Å²) < 4.78 is 37.0. The number of amides is 2. The van der Waals surface area contributed by atoms with Crippen LogP contribution in [-0.2, 0) is 29.7 Å². The highest BCUT2D eigenvalue weighted by molar-refractivity contribution is 7.80. The van der Waals surface area contributed by atoms with E-state index in [1.807, 2.05) is 0 Å². The van der Waals surface area contributed by atoms with E-state index in [-0.39, 0.29) is 50.8 Å². The fourth-order valence-corrected chi connectivity index (χ4v) is 2.55. The maximum atomic E-state index is 11.6. The predicted molar refractivity (Wildman–Crippen MR) is 106 cm³/mol. The van der Waals surface area contributed by atoms with Gasteiger partial charge in [0.1, 0.15) is 0 Å². The topological polar surface area (TPSA) is 143 Å². The molecule has 1 heterocycles. The van der Waals surface area contributed by atoms with Crippen LogP contribution < -0.4 is 24.0 Å². The van der Waals surface area contributed by atoms with E-state index in [9.17, 15) is 22.6 Å². The molecule has 30 heavy (non-hydrogen) atoms. The van der Waals surface area contributed by atoms with Crippen LogP contribution in [0.25, 0.3) is 0 Å². The Hall–Kier alpha value is -3.07. The lowest BCUT2D eigenvalue weighted by Gasteiger charge is -2.22. The molecule has 1 N–H and O–H groups in total. The summed E-state index contributed by atoms with van der Waals surface area (Å²) in [6, 6.07) is 1.24. The molecule has 1 aromatic heterocycles. The maximum absolute atomic E-state index is 11.6. The quantitative estimate of drug-likeness (QED) is 0.124. The number of carbonyl (C=O) groups is 2. The summed E-state index contributed by atoms with van der Waals surface area (Å²) in [5.41, 5.74) is 0. The summed E-state index contributed by atoms with van der Waals surface area (Å²) in [4.78, 5) is 39.2. The van der Waals surface area contributed by atoms with Crippen LogP contribution in [0.15, 0.2) is 31.4 Å². The minimum atomic E-state index is -5.11. The van der Waals surface area contributed by atoms with Gasteiger partial charge in [-0.05, 0) is 18.6 Å². The van der Waals surface area contributed by atoms with Crippen LogP contribution in [0.4, 0.5) is 17.6 Å². The lowest BCUT2D eigenvalue weighted by Crippen LogP contribution is -2.54. The molecule has 0 aromatic carbocycles. The van der Waals surface area contributed by atoms with Gasteiger partial charge < -0.3 is 4.90 Å². The number of anilines is 3. The molecule has 0 saturated carbocycles. The first-order valence-electron chi connectivity index (χ1n) is 8.62. The number of carbonyl (C=O) groups excluding carboxylic acids is 2. The van der Waals surface area contributed by atoms with Crippen molar-refractivity contribution in [2.24, 2.45) is 0 Å². The first-order valence-corrected chi connectivity index (χ1v) is 9.98. The van der Waals surface area contributed by atoms with E-state index in [2.05, 4.69) is 22.4 Å². The summed E-state index contributed by atoms with van der Waals surface area (Å²) >= 11 is 0. The van der Waals surface area contributed by atoms with Crippen LogP contribution in [0.1, 0.15) is 13.8 Å². The number of aromatic nitrogens is 2. The van der Waals surface area contributed by atoms with Crippen LogP contribution in [0.2, 0.25) is 0 Å². The zero-order valence-electron chi connectivity index (χ0n) is 16.6. The Labute approximate surface area is 174 Å². The van der Waals surface area contributed by atoms with Crippen molar-refractivity contribution in [3.8, 4) is 0 Å². The van der Waals surface area contributed by atoms with Gasteiger partial charge in [-0.25, -0.2) is 14.0 Å². The molecule has 1 aromatic rings. The fraction of sp³-hybridized carbons (Fsp3) is 0.375. The van der Waals surface area contributed by atoms with Crippen LogP contribution in [0, 0.1) is 0 Å². The lowest BCUT2D eigenvalue weighted by molar-refractivity contribution is -0.839. The Bertz CT molecular complexity index is 814. The molecule has 0 aliphatic heterocycles. The van der Waals surface area contributed by atoms with Gasteiger partial charge in [-0.2, -0.15) is 8.42 Å². The Kier molecular flexibility index (Phi) is 9.83. The average Bonchev–Trinajstić information content (AvgIpc) is 2.69. The third-order valence-corrected chi connectivity index (χ3v) is 3.54. The Morgan fingerprint density at radius 1 is 1.10 bits per heavy atom. The van der Waals surface area contributed by atoms with Gasteiger partial charge in [-0.1, -0.05) is 22.2 Å². The first-order chi connectivity index (χ1) is 14.3. The molecule has 166 valence electrons. The summed E-state index contributed by atoms with van der Waals surface area (Å²) in [5.74, 6) is -0.705. The van der Waals surface area contributed by atoms with Crippen molar-refractivity contribution < 1.29 is 41.2 Å². The van der Waals surface area contributed by atoms with Gasteiger partial charge >= 0.3 is 16.3 Å². The molecule has 0 unspecified atom stereocenters. The maximum Gasteiger partial charge on any atom is 0.474 e. The molecule has 0 radical (unpaired) electrons. The standard InChI is InChI=1S/C16H23N5O8S/c1-5-9-18(10-6-2)14-11-15(19(12-22)27-7-3)21(29-30(24,25)26)16(17-14)20(13-23)28-8-4/h5-6,11-13H,1-2,7-10H2,3-4H3/p+1. The molecule has 1 rings (SSSR count). The number of hydrogen-bond acceptors (Lipinski definition) is 9. The van der Waals surface area contributed by atoms with Crippen molar-refractivity contribution in [2.45, 2.75) is 13.8 Å². The largest absolute Gasteiger partial charge is 0.474 e. The Morgan fingerprint density at radius 3 is 2.07 bits per heavy atom. The SMILES string of the molecule is C=CCN(CC=C)c1cc(N(C=O)OCC)[n+](OS(=O)(=O)O)c(N(C=O)OCC)n1. The van der Waals surface area contributed by atoms with Crippen molar-refractivity contribution in [2.75, 3.05) is 41.3 Å². The van der Waals surface area contributed by atoms with Crippen molar-refractivity contribution >= 4 is 40.8 Å². The molecule has 0 atom stereocenters. The van der Waals surface area contributed by atoms with Gasteiger partial charge in [-0.15, -0.1) is 18.2 Å². The smallest absolute Gasteiger partial charge is 0.339 e. The van der Waals surface area contributed by atoms with Gasteiger partial charge in [0, 0.05) is 13.1 Å². The molecule has 2 amide bonds. The molecule has 0 spiro atoms. The van der Waals surface area contributed by atoms with Gasteiger partial charge in [0.15, 0.2) is 5.82 Å². The van der Waals surface area contributed by atoms with Crippen LogP contribution in [-0.4, -0.2) is 57.1 Å². The molecule has 0 saturated heterocycles. The second-order valence-corrected chi connectivity index (χ2v) is 6.25. The fourth-order valence-electron chi connectivity index (χ4n) is 2.21. The Balaban J connectivity index is 3.91. The Morgan fingerprint density at radius 2 is 1.63 bits per heavy atom. The summed E-state index contributed by atoms with van der Waals surface area (Å²) in [5, 5.41) is 1.20. The number of hydrogen-bond donors (Lipinski definition) is 1. The van der Waals surface area contributed by atoms with E-state index < -0.39 is 16.3 Å². The molecule has 14 heteroatoms. The second-order valence-electron chi connectivity index (χ2n) is 5.25. The minimum Gasteiger partial charge on any atom is -0.339 e. The molecule has 0 aliphatic carbocycles. The number of rotatable bonds is 15. The third kappa shape index (κ3) is 6.77. The van der Waals surface area contributed by atoms with E-state index >= 15 is 0 Å². The predicted octanol–water partition coefficient (Wildman–Crippen LogP) is -0.392. The molecular formula is C16H24N5O8S+. The van der Waals surface area contributed by atoms with Gasteiger partial charge in [0.2, 0.25) is 0 Å². The average molecular weight is 446 g/mol. The molecule has 13 nitrogen and oxygen atoms in total. The van der Waals surface area contributed by atoms with Gasteiger partial charge in [-0.3, -0.25) is 14.1 Å². The molecule has 0 bridgehead atoms. The van der Waals surface area contributed by atoms with E-state index in [0.717, 1.165) is 0 Å². The zero-order chi connectivity index (χ0) is 22.7. The highest BCUT2D eigenvalue weighted by Gasteiger charge is 2.34. The van der Waals surface area contributed by atoms with Crippen molar-refractivity contribution in [3.63, 3.8) is 0 Å². The second kappa shape index (κ2) is 11.8. The first kappa shape index (κ1) is 25.0. The van der Waals surface area contributed by atoms with Crippen LogP contribution in [0.5, 0.6) is 0 Å². The number of hydroxylamine groups is 2. The highest BCUT2D eigenvalue weighted by atomic mass is 32.3. The molecule has 0 aliphatic rings. The summed E-state index contributed by atoms with van der Waals surface area (Å²) in [6.45, 7) is 11.0. The number of nitrogens with zero attached hydrogens (tertiary/aromatic N) is 5. The van der Waals surface area contributed by atoms with Crippen LogP contribution >= 0.6 is 0 Å². The van der Waals surface area contributed by atoms with Crippen molar-refractivity contribution in [1.82, 2.24) is 4.98 Å². The summed E-state index contributed by atoms with van der Waals surface area (Å²) in [6.07, 6.45) is 3.56. The molecular weight excluding hydrogens is 422 g/mol. The highest BCUT2D eigenvalue weighted by Crippen LogP contribution is 2.21. The van der Waals surface area contributed by atoms with Crippen molar-refractivity contribution in [1.29, 1.82) is 0 Å².